The number of phenols is 1. The van der Waals surface area contributed by atoms with Crippen LogP contribution in [0.3, 0.4) is 0 Å². The van der Waals surface area contributed by atoms with Crippen molar-refractivity contribution < 1.29 is 29.7 Å². The zero-order chi connectivity index (χ0) is 14.6. The number of aromatic hydroxyl groups is 1. The Labute approximate surface area is 108 Å². The van der Waals surface area contributed by atoms with E-state index in [2.05, 4.69) is 5.32 Å². The first-order chi connectivity index (χ1) is 8.81. The predicted molar refractivity (Wildman–Crippen MR) is 64.0 cm³/mol. The molecule has 7 heteroatoms. The first kappa shape index (κ1) is 14.5. The van der Waals surface area contributed by atoms with Crippen molar-refractivity contribution in [3.63, 3.8) is 0 Å². The number of aryl methyl sites for hydroxylation is 1. The van der Waals surface area contributed by atoms with Crippen molar-refractivity contribution in [1.29, 1.82) is 0 Å². The van der Waals surface area contributed by atoms with Gasteiger partial charge >= 0.3 is 11.9 Å². The summed E-state index contributed by atoms with van der Waals surface area (Å²) in [6.45, 7) is 1.57. The minimum Gasteiger partial charge on any atom is -0.508 e. The van der Waals surface area contributed by atoms with Crippen LogP contribution in [0.2, 0.25) is 0 Å². The van der Waals surface area contributed by atoms with Gasteiger partial charge in [-0.2, -0.15) is 0 Å². The Balaban J connectivity index is 2.87. The largest absolute Gasteiger partial charge is 0.508 e. The molecular weight excluding hydrogens is 254 g/mol. The summed E-state index contributed by atoms with van der Waals surface area (Å²) < 4.78 is 0. The van der Waals surface area contributed by atoms with Crippen LogP contribution in [0.5, 0.6) is 5.75 Å². The molecule has 0 aliphatic carbocycles. The Morgan fingerprint density at radius 2 is 1.89 bits per heavy atom. The minimum absolute atomic E-state index is 0.0191. The van der Waals surface area contributed by atoms with Crippen molar-refractivity contribution in [2.45, 2.75) is 19.4 Å². The average molecular weight is 267 g/mol. The number of hydrogen-bond donors (Lipinski definition) is 4. The number of hydrogen-bond acceptors (Lipinski definition) is 4. The van der Waals surface area contributed by atoms with Gasteiger partial charge in [0.15, 0.2) is 0 Å². The second-order valence-electron chi connectivity index (χ2n) is 3.96. The van der Waals surface area contributed by atoms with Gasteiger partial charge < -0.3 is 20.6 Å². The third-order valence-corrected chi connectivity index (χ3v) is 2.44. The van der Waals surface area contributed by atoms with Crippen molar-refractivity contribution in [2.24, 2.45) is 0 Å². The van der Waals surface area contributed by atoms with E-state index in [-0.39, 0.29) is 11.3 Å². The average Bonchev–Trinajstić information content (AvgIpc) is 2.26. The fourth-order valence-electron chi connectivity index (χ4n) is 1.51. The molecule has 19 heavy (non-hydrogen) atoms. The third kappa shape index (κ3) is 3.98. The Hall–Kier alpha value is -2.57. The van der Waals surface area contributed by atoms with E-state index >= 15 is 0 Å². The van der Waals surface area contributed by atoms with E-state index in [0.717, 1.165) is 0 Å². The molecule has 7 nitrogen and oxygen atoms in total. The fourth-order valence-corrected chi connectivity index (χ4v) is 1.51. The summed E-state index contributed by atoms with van der Waals surface area (Å²) in [6, 6.07) is 2.47. The van der Waals surface area contributed by atoms with Gasteiger partial charge in [-0.1, -0.05) is 0 Å². The maximum atomic E-state index is 11.8. The monoisotopic (exact) mass is 267 g/mol. The van der Waals surface area contributed by atoms with Gasteiger partial charge in [0, 0.05) is 5.56 Å². The molecule has 0 aromatic heterocycles. The van der Waals surface area contributed by atoms with Gasteiger partial charge in [0.05, 0.1) is 6.42 Å². The number of carbonyl (C=O) groups is 3. The van der Waals surface area contributed by atoms with E-state index in [1.165, 1.54) is 18.2 Å². The predicted octanol–water partition coefficient (Wildman–Crippen LogP) is 0.358. The highest BCUT2D eigenvalue weighted by Gasteiger charge is 2.24. The van der Waals surface area contributed by atoms with Crippen LogP contribution in [0.1, 0.15) is 22.3 Å². The van der Waals surface area contributed by atoms with Gasteiger partial charge in [-0.05, 0) is 30.7 Å². The zero-order valence-corrected chi connectivity index (χ0v) is 10.1. The molecule has 0 saturated heterocycles. The van der Waals surface area contributed by atoms with Crippen molar-refractivity contribution >= 4 is 17.8 Å². The summed E-state index contributed by atoms with van der Waals surface area (Å²) in [4.78, 5) is 33.1. The molecule has 4 N–H and O–H groups in total. The van der Waals surface area contributed by atoms with E-state index in [0.29, 0.717) is 5.56 Å². The van der Waals surface area contributed by atoms with Gasteiger partial charge in [-0.25, -0.2) is 4.79 Å². The first-order valence-corrected chi connectivity index (χ1v) is 5.36. The van der Waals surface area contributed by atoms with Crippen molar-refractivity contribution in [1.82, 2.24) is 5.32 Å². The standard InChI is InChI=1S/C12H13NO6/c1-6-4-7(14)2-3-8(6)11(17)13-9(12(18)19)5-10(15)16/h2-4,9,14H,5H2,1H3,(H,13,17)(H,15,16)(H,18,19)/t9-/m0/s1. The lowest BCUT2D eigenvalue weighted by Crippen LogP contribution is -2.42. The van der Waals surface area contributed by atoms with Crippen LogP contribution in [-0.2, 0) is 9.59 Å². The van der Waals surface area contributed by atoms with Gasteiger partial charge in [-0.3, -0.25) is 9.59 Å². The molecule has 1 amide bonds. The fraction of sp³-hybridized carbons (Fsp3) is 0.250. The number of amides is 1. The summed E-state index contributed by atoms with van der Waals surface area (Å²) in [6.07, 6.45) is -0.710. The van der Waals surface area contributed by atoms with Gasteiger partial charge in [-0.15, -0.1) is 0 Å². The second-order valence-corrected chi connectivity index (χ2v) is 3.96. The van der Waals surface area contributed by atoms with E-state index < -0.39 is 30.3 Å². The number of rotatable bonds is 5. The molecule has 0 fully saturated rings. The van der Waals surface area contributed by atoms with Crippen LogP contribution >= 0.6 is 0 Å². The Morgan fingerprint density at radius 1 is 1.26 bits per heavy atom. The van der Waals surface area contributed by atoms with E-state index in [4.69, 9.17) is 10.2 Å². The second kappa shape index (κ2) is 5.85. The van der Waals surface area contributed by atoms with Gasteiger partial charge in [0.25, 0.3) is 5.91 Å². The molecule has 1 rings (SSSR count). The highest BCUT2D eigenvalue weighted by atomic mass is 16.4. The summed E-state index contributed by atoms with van der Waals surface area (Å²) in [5.41, 5.74) is 0.631. The molecule has 1 aromatic carbocycles. The quantitative estimate of drug-likeness (QED) is 0.610. The van der Waals surface area contributed by atoms with Crippen LogP contribution in [0.25, 0.3) is 0 Å². The van der Waals surface area contributed by atoms with Crippen LogP contribution in [0, 0.1) is 6.92 Å². The third-order valence-electron chi connectivity index (χ3n) is 2.44. The van der Waals surface area contributed by atoms with Gasteiger partial charge in [0.1, 0.15) is 11.8 Å². The molecule has 1 atom stereocenters. The molecule has 0 heterocycles. The zero-order valence-electron chi connectivity index (χ0n) is 10.1. The summed E-state index contributed by atoms with van der Waals surface area (Å²) in [5, 5.41) is 28.7. The number of benzene rings is 1. The van der Waals surface area contributed by atoms with E-state index in [1.807, 2.05) is 0 Å². The van der Waals surface area contributed by atoms with E-state index in [9.17, 15) is 19.5 Å². The molecule has 0 bridgehead atoms. The molecule has 0 aliphatic rings. The summed E-state index contributed by atoms with van der Waals surface area (Å²) in [5.74, 6) is -3.47. The highest BCUT2D eigenvalue weighted by Crippen LogP contribution is 2.15. The Bertz CT molecular complexity index is 525. The Kier molecular flexibility index (Phi) is 4.46. The van der Waals surface area contributed by atoms with Crippen LogP contribution in [0.15, 0.2) is 18.2 Å². The lowest BCUT2D eigenvalue weighted by Gasteiger charge is -2.13. The number of carbonyl (C=O) groups excluding carboxylic acids is 1. The van der Waals surface area contributed by atoms with Crippen LogP contribution in [-0.4, -0.2) is 39.2 Å². The molecule has 1 aromatic rings. The maximum absolute atomic E-state index is 11.8. The number of aliphatic carboxylic acids is 2. The first-order valence-electron chi connectivity index (χ1n) is 5.36. The number of carboxylic acids is 2. The highest BCUT2D eigenvalue weighted by molar-refractivity contribution is 5.98. The smallest absolute Gasteiger partial charge is 0.326 e. The van der Waals surface area contributed by atoms with Crippen molar-refractivity contribution in [2.75, 3.05) is 0 Å². The normalized spacial score (nSPS) is 11.6. The molecule has 102 valence electrons. The Morgan fingerprint density at radius 3 is 2.37 bits per heavy atom. The molecular formula is C12H13NO6. The lowest BCUT2D eigenvalue weighted by atomic mass is 10.1. The molecule has 0 unspecified atom stereocenters. The van der Waals surface area contributed by atoms with Crippen molar-refractivity contribution in [3.05, 3.63) is 29.3 Å². The summed E-state index contributed by atoms with van der Waals surface area (Å²) >= 11 is 0. The molecule has 0 spiro atoms. The summed E-state index contributed by atoms with van der Waals surface area (Å²) in [7, 11) is 0. The number of nitrogens with one attached hydrogen (secondary N) is 1. The van der Waals surface area contributed by atoms with E-state index in [1.54, 1.807) is 6.92 Å². The van der Waals surface area contributed by atoms with Gasteiger partial charge in [0.2, 0.25) is 0 Å². The minimum atomic E-state index is -1.50. The maximum Gasteiger partial charge on any atom is 0.326 e. The number of phenolic OH excluding ortho intramolecular Hbond substituents is 1. The van der Waals surface area contributed by atoms with Crippen LogP contribution < -0.4 is 5.32 Å². The number of carboxylic acid groups (broad SMARTS) is 2. The lowest BCUT2D eigenvalue weighted by molar-refractivity contribution is -0.145. The molecule has 0 saturated carbocycles. The molecule has 0 radical (unpaired) electrons. The topological polar surface area (TPSA) is 124 Å². The van der Waals surface area contributed by atoms with Crippen molar-refractivity contribution in [3.8, 4) is 5.75 Å². The van der Waals surface area contributed by atoms with Crippen LogP contribution in [0.4, 0.5) is 0 Å². The SMILES string of the molecule is Cc1cc(O)ccc1C(=O)N[C@@H](CC(=O)O)C(=O)O. The molecule has 0 aliphatic heterocycles.